The van der Waals surface area contributed by atoms with E-state index in [0.29, 0.717) is 20.2 Å². The Bertz CT molecular complexity index is 347. The van der Waals surface area contributed by atoms with Crippen molar-refractivity contribution in [2.24, 2.45) is 0 Å². The summed E-state index contributed by atoms with van der Waals surface area (Å²) in [5.74, 6) is 0. The SMILES string of the molecule is COC(=O)Nc1cc(Cl)c(Br)c(Cl)c1. The minimum absolute atomic E-state index is 0.420. The van der Waals surface area contributed by atoms with E-state index in [0.717, 1.165) is 0 Å². The smallest absolute Gasteiger partial charge is 0.411 e. The molecule has 0 aliphatic heterocycles. The summed E-state index contributed by atoms with van der Waals surface area (Å²) in [4.78, 5) is 10.9. The molecule has 0 aliphatic rings. The predicted molar refractivity (Wildman–Crippen MR) is 60.2 cm³/mol. The van der Waals surface area contributed by atoms with Crippen LogP contribution in [0.3, 0.4) is 0 Å². The second kappa shape index (κ2) is 4.87. The van der Waals surface area contributed by atoms with E-state index in [1.807, 2.05) is 0 Å². The molecule has 1 amide bonds. The zero-order valence-electron chi connectivity index (χ0n) is 7.11. The van der Waals surface area contributed by atoms with Crippen molar-refractivity contribution < 1.29 is 9.53 Å². The van der Waals surface area contributed by atoms with E-state index in [1.54, 1.807) is 12.1 Å². The minimum Gasteiger partial charge on any atom is -0.453 e. The van der Waals surface area contributed by atoms with Crippen molar-refractivity contribution in [3.8, 4) is 0 Å². The maximum Gasteiger partial charge on any atom is 0.411 e. The van der Waals surface area contributed by atoms with E-state index in [2.05, 4.69) is 26.0 Å². The van der Waals surface area contributed by atoms with Gasteiger partial charge in [0.2, 0.25) is 0 Å². The Balaban J connectivity index is 2.95. The Labute approximate surface area is 99.5 Å². The standard InChI is InChI=1S/C8H6BrCl2NO2/c1-14-8(13)12-4-2-5(10)7(9)6(11)3-4/h2-3H,1H3,(H,12,13). The van der Waals surface area contributed by atoms with Crippen molar-refractivity contribution in [2.45, 2.75) is 0 Å². The van der Waals surface area contributed by atoms with Gasteiger partial charge in [-0.3, -0.25) is 5.32 Å². The first-order valence-electron chi connectivity index (χ1n) is 3.54. The Kier molecular flexibility index (Phi) is 4.04. The summed E-state index contributed by atoms with van der Waals surface area (Å²) in [6.07, 6.45) is -0.570. The third-order valence-corrected chi connectivity index (χ3v) is 3.32. The van der Waals surface area contributed by atoms with Crippen LogP contribution in [0.4, 0.5) is 10.5 Å². The number of nitrogens with one attached hydrogen (secondary N) is 1. The monoisotopic (exact) mass is 297 g/mol. The molecule has 1 aromatic carbocycles. The average molecular weight is 299 g/mol. The molecule has 0 atom stereocenters. The van der Waals surface area contributed by atoms with Gasteiger partial charge in [0.05, 0.1) is 21.6 Å². The number of carbonyl (C=O) groups is 1. The molecule has 0 saturated heterocycles. The molecular weight excluding hydrogens is 293 g/mol. The number of benzene rings is 1. The summed E-state index contributed by atoms with van der Waals surface area (Å²) >= 11 is 14.8. The Morgan fingerprint density at radius 1 is 1.43 bits per heavy atom. The van der Waals surface area contributed by atoms with Crippen LogP contribution in [-0.4, -0.2) is 13.2 Å². The van der Waals surface area contributed by atoms with E-state index >= 15 is 0 Å². The molecule has 1 N–H and O–H groups in total. The summed E-state index contributed by atoms with van der Waals surface area (Å²) in [6.45, 7) is 0. The maximum atomic E-state index is 10.9. The first-order chi connectivity index (χ1) is 6.54. The number of hydrogen-bond donors (Lipinski definition) is 1. The minimum atomic E-state index is -0.570. The molecule has 0 aliphatic carbocycles. The second-order valence-corrected chi connectivity index (χ2v) is 3.98. The third-order valence-electron chi connectivity index (χ3n) is 1.42. The predicted octanol–water partition coefficient (Wildman–Crippen LogP) is 3.93. The van der Waals surface area contributed by atoms with Crippen molar-refractivity contribution in [2.75, 3.05) is 12.4 Å². The van der Waals surface area contributed by atoms with Crippen molar-refractivity contribution in [3.05, 3.63) is 26.7 Å². The Morgan fingerprint density at radius 3 is 2.36 bits per heavy atom. The first kappa shape index (κ1) is 11.6. The lowest BCUT2D eigenvalue weighted by Gasteiger charge is -2.06. The van der Waals surface area contributed by atoms with Gasteiger partial charge in [0.25, 0.3) is 0 Å². The first-order valence-corrected chi connectivity index (χ1v) is 5.09. The maximum absolute atomic E-state index is 10.9. The van der Waals surface area contributed by atoms with E-state index < -0.39 is 6.09 Å². The van der Waals surface area contributed by atoms with Crippen LogP contribution in [0.15, 0.2) is 16.6 Å². The van der Waals surface area contributed by atoms with Crippen LogP contribution in [0, 0.1) is 0 Å². The van der Waals surface area contributed by atoms with Crippen molar-refractivity contribution in [1.29, 1.82) is 0 Å². The molecule has 1 rings (SSSR count). The van der Waals surface area contributed by atoms with Gasteiger partial charge in [-0.05, 0) is 28.1 Å². The highest BCUT2D eigenvalue weighted by molar-refractivity contribution is 9.10. The molecule has 1 aromatic rings. The normalized spacial score (nSPS) is 9.71. The molecule has 14 heavy (non-hydrogen) atoms. The van der Waals surface area contributed by atoms with Crippen LogP contribution in [0.25, 0.3) is 0 Å². The molecular formula is C8H6BrCl2NO2. The van der Waals surface area contributed by atoms with Crippen LogP contribution < -0.4 is 5.32 Å². The number of methoxy groups -OCH3 is 1. The summed E-state index contributed by atoms with van der Waals surface area (Å²) in [7, 11) is 1.28. The van der Waals surface area contributed by atoms with E-state index in [1.165, 1.54) is 7.11 Å². The number of hydrogen-bond acceptors (Lipinski definition) is 2. The molecule has 0 fully saturated rings. The highest BCUT2D eigenvalue weighted by Crippen LogP contribution is 2.33. The van der Waals surface area contributed by atoms with Gasteiger partial charge in [-0.2, -0.15) is 0 Å². The van der Waals surface area contributed by atoms with Crippen molar-refractivity contribution in [1.82, 2.24) is 0 Å². The van der Waals surface area contributed by atoms with E-state index in [-0.39, 0.29) is 0 Å². The fourth-order valence-corrected chi connectivity index (χ4v) is 1.51. The van der Waals surface area contributed by atoms with Crippen LogP contribution >= 0.6 is 39.1 Å². The zero-order valence-corrected chi connectivity index (χ0v) is 10.2. The lowest BCUT2D eigenvalue weighted by atomic mass is 10.3. The molecule has 3 nitrogen and oxygen atoms in total. The third kappa shape index (κ3) is 2.77. The largest absolute Gasteiger partial charge is 0.453 e. The van der Waals surface area contributed by atoms with Gasteiger partial charge in [-0.15, -0.1) is 0 Å². The number of amides is 1. The number of ether oxygens (including phenoxy) is 1. The van der Waals surface area contributed by atoms with Gasteiger partial charge in [0.15, 0.2) is 0 Å². The van der Waals surface area contributed by atoms with Gasteiger partial charge < -0.3 is 4.74 Å². The molecule has 0 aromatic heterocycles. The van der Waals surface area contributed by atoms with E-state index in [4.69, 9.17) is 23.2 Å². The lowest BCUT2D eigenvalue weighted by molar-refractivity contribution is 0.187. The fraction of sp³-hybridized carbons (Fsp3) is 0.125. The number of carbonyl (C=O) groups excluding carboxylic acids is 1. The van der Waals surface area contributed by atoms with Crippen LogP contribution in [0.2, 0.25) is 10.0 Å². The number of rotatable bonds is 1. The van der Waals surface area contributed by atoms with Crippen LogP contribution in [0.5, 0.6) is 0 Å². The zero-order chi connectivity index (χ0) is 10.7. The van der Waals surface area contributed by atoms with Gasteiger partial charge in [-0.25, -0.2) is 4.79 Å². The second-order valence-electron chi connectivity index (χ2n) is 2.37. The highest BCUT2D eigenvalue weighted by atomic mass is 79.9. The molecule has 0 unspecified atom stereocenters. The number of anilines is 1. The van der Waals surface area contributed by atoms with Crippen molar-refractivity contribution >= 4 is 50.9 Å². The van der Waals surface area contributed by atoms with Crippen LogP contribution in [-0.2, 0) is 4.74 Å². The Hall–Kier alpha value is -0.450. The molecule has 0 spiro atoms. The molecule has 6 heteroatoms. The number of halogens is 3. The van der Waals surface area contributed by atoms with Crippen LogP contribution in [0.1, 0.15) is 0 Å². The molecule has 0 heterocycles. The quantitative estimate of drug-likeness (QED) is 0.798. The highest BCUT2D eigenvalue weighted by Gasteiger charge is 2.07. The molecule has 0 saturated carbocycles. The van der Waals surface area contributed by atoms with Gasteiger partial charge in [0, 0.05) is 5.69 Å². The summed E-state index contributed by atoms with van der Waals surface area (Å²) in [6, 6.07) is 3.13. The molecule has 76 valence electrons. The fourth-order valence-electron chi connectivity index (χ4n) is 0.797. The Morgan fingerprint density at radius 2 is 1.93 bits per heavy atom. The average Bonchev–Trinajstić information content (AvgIpc) is 2.14. The molecule has 0 radical (unpaired) electrons. The van der Waals surface area contributed by atoms with E-state index in [9.17, 15) is 4.79 Å². The van der Waals surface area contributed by atoms with Gasteiger partial charge in [-0.1, -0.05) is 23.2 Å². The topological polar surface area (TPSA) is 38.3 Å². The van der Waals surface area contributed by atoms with Crippen molar-refractivity contribution in [3.63, 3.8) is 0 Å². The summed E-state index contributed by atoms with van der Waals surface area (Å²) in [5.41, 5.74) is 0.482. The van der Waals surface area contributed by atoms with Gasteiger partial charge >= 0.3 is 6.09 Å². The summed E-state index contributed by atoms with van der Waals surface area (Å²) in [5, 5.41) is 3.29. The molecule has 0 bridgehead atoms. The van der Waals surface area contributed by atoms with Gasteiger partial charge in [0.1, 0.15) is 0 Å². The summed E-state index contributed by atoms with van der Waals surface area (Å²) < 4.78 is 5.01. The lowest BCUT2D eigenvalue weighted by Crippen LogP contribution is -2.10.